The highest BCUT2D eigenvalue weighted by atomic mass is 19.4. The van der Waals surface area contributed by atoms with Crippen molar-refractivity contribution in [3.63, 3.8) is 0 Å². The number of pyridine rings is 2. The van der Waals surface area contributed by atoms with Gasteiger partial charge in [0.15, 0.2) is 11.5 Å². The fraction of sp³-hybridized carbons (Fsp3) is 0.364. The molecular formula is C33H31F5N6O3. The van der Waals surface area contributed by atoms with Crippen molar-refractivity contribution in [2.24, 2.45) is 0 Å². The lowest BCUT2D eigenvalue weighted by Crippen LogP contribution is -2.56. The van der Waals surface area contributed by atoms with Crippen molar-refractivity contribution in [2.45, 2.75) is 51.2 Å². The number of carbonyl (C=O) groups excluding carboxylic acids is 1. The van der Waals surface area contributed by atoms with Gasteiger partial charge in [-0.2, -0.15) is 18.2 Å². The zero-order valence-corrected chi connectivity index (χ0v) is 25.7. The minimum Gasteiger partial charge on any atom is -0.493 e. The summed E-state index contributed by atoms with van der Waals surface area (Å²) in [6.07, 6.45) is -2.48. The number of anilines is 1. The van der Waals surface area contributed by atoms with E-state index >= 15 is 8.78 Å². The van der Waals surface area contributed by atoms with Crippen LogP contribution in [0.4, 0.5) is 27.8 Å². The van der Waals surface area contributed by atoms with Crippen LogP contribution >= 0.6 is 0 Å². The van der Waals surface area contributed by atoms with Gasteiger partial charge < -0.3 is 14.5 Å². The average Bonchev–Trinajstić information content (AvgIpc) is 3.01. The summed E-state index contributed by atoms with van der Waals surface area (Å²) >= 11 is 0. The fourth-order valence-corrected chi connectivity index (χ4v) is 6.30. The van der Waals surface area contributed by atoms with Gasteiger partial charge in [-0.1, -0.05) is 26.5 Å². The molecule has 0 N–H and O–H groups in total. The third-order valence-electron chi connectivity index (χ3n) is 8.38. The molecule has 1 atom stereocenters. The molecule has 0 saturated carbocycles. The molecule has 2 aliphatic heterocycles. The number of rotatable bonds is 4. The molecule has 47 heavy (non-hydrogen) atoms. The Morgan fingerprint density at radius 2 is 1.94 bits per heavy atom. The summed E-state index contributed by atoms with van der Waals surface area (Å²) in [5.74, 6) is -2.73. The molecule has 1 aromatic carbocycles. The number of fused-ring (bicyclic) bond motifs is 5. The number of amides is 1. The van der Waals surface area contributed by atoms with Gasteiger partial charge in [-0.05, 0) is 54.7 Å². The van der Waals surface area contributed by atoms with E-state index in [0.717, 1.165) is 18.2 Å². The monoisotopic (exact) mass is 654 g/mol. The largest absolute Gasteiger partial charge is 0.493 e. The van der Waals surface area contributed by atoms with E-state index in [4.69, 9.17) is 4.74 Å². The Morgan fingerprint density at radius 1 is 1.15 bits per heavy atom. The first-order chi connectivity index (χ1) is 22.4. The third-order valence-corrected chi connectivity index (χ3v) is 8.38. The highest BCUT2D eigenvalue weighted by molar-refractivity contribution is 5.91. The van der Waals surface area contributed by atoms with Crippen LogP contribution in [0.15, 0.2) is 54.0 Å². The number of halogens is 5. The van der Waals surface area contributed by atoms with Crippen LogP contribution in [-0.4, -0.2) is 68.8 Å². The second-order valence-corrected chi connectivity index (χ2v) is 11.8. The van der Waals surface area contributed by atoms with Gasteiger partial charge in [-0.25, -0.2) is 23.1 Å². The second kappa shape index (κ2) is 12.4. The summed E-state index contributed by atoms with van der Waals surface area (Å²) in [6.45, 7) is 6.86. The number of alkyl halides is 3. The van der Waals surface area contributed by atoms with Crippen LogP contribution in [0.5, 0.6) is 5.75 Å². The lowest BCUT2D eigenvalue weighted by molar-refractivity contribution is -0.143. The maximum Gasteiger partial charge on any atom is 0.391 e. The highest BCUT2D eigenvalue weighted by Crippen LogP contribution is 2.39. The maximum atomic E-state index is 16.2. The molecule has 0 radical (unpaired) electrons. The Labute approximate surface area is 266 Å². The van der Waals surface area contributed by atoms with Crippen molar-refractivity contribution in [1.29, 1.82) is 0 Å². The number of aryl methyl sites for hydroxylation is 1. The lowest BCUT2D eigenvalue weighted by atomic mass is 10.0. The van der Waals surface area contributed by atoms with Crippen LogP contribution in [0.25, 0.3) is 28.0 Å². The second-order valence-electron chi connectivity index (χ2n) is 11.8. The number of piperazine rings is 1. The van der Waals surface area contributed by atoms with E-state index in [1.807, 2.05) is 13.8 Å². The van der Waals surface area contributed by atoms with Crippen LogP contribution in [-0.2, 0) is 11.2 Å². The van der Waals surface area contributed by atoms with Crippen LogP contribution in [0, 0.1) is 11.6 Å². The quantitative estimate of drug-likeness (QED) is 0.205. The summed E-state index contributed by atoms with van der Waals surface area (Å²) in [4.78, 5) is 42.4. The molecule has 3 aromatic heterocycles. The Hall–Kier alpha value is -4.88. The molecule has 6 rings (SSSR count). The molecule has 0 spiro atoms. The molecule has 5 heterocycles. The van der Waals surface area contributed by atoms with Crippen LogP contribution in [0.3, 0.4) is 0 Å². The SMILES string of the molecule is C=CC(=O)N1CCN(c2nc(=O)n3c4nc(c(F)cc24)-c2c(F)cccc2OCCCc2ccnc(C(C)C)c2-3)C(CC(F)(F)F)C1. The molecule has 14 heteroatoms. The maximum absolute atomic E-state index is 16.2. The van der Waals surface area contributed by atoms with E-state index in [9.17, 15) is 22.8 Å². The van der Waals surface area contributed by atoms with Crippen LogP contribution in [0.1, 0.15) is 43.9 Å². The van der Waals surface area contributed by atoms with Crippen molar-refractivity contribution in [1.82, 2.24) is 24.4 Å². The average molecular weight is 655 g/mol. The summed E-state index contributed by atoms with van der Waals surface area (Å²) in [7, 11) is 0. The number of hydrogen-bond donors (Lipinski definition) is 0. The molecule has 0 aliphatic carbocycles. The van der Waals surface area contributed by atoms with Gasteiger partial charge in [0.2, 0.25) is 5.91 Å². The number of aromatic nitrogens is 4. The predicted molar refractivity (Wildman–Crippen MR) is 165 cm³/mol. The number of carbonyl (C=O) groups is 1. The molecular weight excluding hydrogens is 623 g/mol. The van der Waals surface area contributed by atoms with Crippen LogP contribution < -0.4 is 15.3 Å². The molecule has 246 valence electrons. The van der Waals surface area contributed by atoms with Crippen molar-refractivity contribution >= 4 is 22.8 Å². The van der Waals surface area contributed by atoms with E-state index < -0.39 is 47.6 Å². The zero-order valence-electron chi connectivity index (χ0n) is 25.7. The first-order valence-corrected chi connectivity index (χ1v) is 15.2. The van der Waals surface area contributed by atoms with Crippen molar-refractivity contribution in [3.8, 4) is 22.7 Å². The van der Waals surface area contributed by atoms with E-state index in [-0.39, 0.29) is 60.3 Å². The smallest absolute Gasteiger partial charge is 0.391 e. The van der Waals surface area contributed by atoms with Crippen molar-refractivity contribution in [2.75, 3.05) is 31.1 Å². The number of benzene rings is 1. The standard InChI is InChI=1S/C33H31F5N6O3/c1-4-25(45)42-12-13-43(20(17-42)16-33(36,37)38)30-21-15-23(35)28-26-22(34)8-5-9-24(26)47-14-6-7-19-10-11-39-27(18(2)3)29(19)44(31(21)40-28)32(46)41-30/h4-5,8-11,15,18,20H,1,6-7,12-14,16-17H2,2-3H3. The lowest BCUT2D eigenvalue weighted by Gasteiger charge is -2.42. The van der Waals surface area contributed by atoms with E-state index in [2.05, 4.69) is 21.5 Å². The molecule has 1 fully saturated rings. The van der Waals surface area contributed by atoms with Gasteiger partial charge in [0, 0.05) is 25.8 Å². The Balaban J connectivity index is 1.69. The molecule has 2 bridgehead atoms. The Kier molecular flexibility index (Phi) is 8.45. The topological polar surface area (TPSA) is 93.5 Å². The van der Waals surface area contributed by atoms with Gasteiger partial charge in [0.05, 0.1) is 41.4 Å². The number of ether oxygens (including phenoxy) is 1. The highest BCUT2D eigenvalue weighted by Gasteiger charge is 2.40. The van der Waals surface area contributed by atoms with E-state index in [1.54, 1.807) is 12.3 Å². The van der Waals surface area contributed by atoms with E-state index in [0.29, 0.717) is 29.8 Å². The molecule has 2 aliphatic rings. The van der Waals surface area contributed by atoms with Gasteiger partial charge in [0.1, 0.15) is 23.1 Å². The number of hydrogen-bond acceptors (Lipinski definition) is 7. The molecule has 1 amide bonds. The summed E-state index contributed by atoms with van der Waals surface area (Å²) in [6, 6.07) is 5.43. The fourth-order valence-electron chi connectivity index (χ4n) is 6.30. The summed E-state index contributed by atoms with van der Waals surface area (Å²) in [5.41, 5.74) is -0.144. The molecule has 1 saturated heterocycles. The van der Waals surface area contributed by atoms with Crippen molar-refractivity contribution in [3.05, 3.63) is 82.6 Å². The third kappa shape index (κ3) is 6.03. The van der Waals surface area contributed by atoms with E-state index in [1.165, 1.54) is 26.5 Å². The predicted octanol–water partition coefficient (Wildman–Crippen LogP) is 5.72. The first-order valence-electron chi connectivity index (χ1n) is 15.2. The Bertz CT molecular complexity index is 1940. The van der Waals surface area contributed by atoms with Gasteiger partial charge in [-0.3, -0.25) is 9.78 Å². The minimum absolute atomic E-state index is 0.000358. The van der Waals surface area contributed by atoms with Gasteiger partial charge >= 0.3 is 11.9 Å². The first kappa shape index (κ1) is 32.1. The van der Waals surface area contributed by atoms with Gasteiger partial charge in [0.25, 0.3) is 0 Å². The molecule has 9 nitrogen and oxygen atoms in total. The van der Waals surface area contributed by atoms with Crippen molar-refractivity contribution < 1.29 is 31.5 Å². The summed E-state index contributed by atoms with van der Waals surface area (Å²) < 4.78 is 80.3. The zero-order chi connectivity index (χ0) is 33.6. The van der Waals surface area contributed by atoms with Gasteiger partial charge in [-0.15, -0.1) is 0 Å². The number of nitrogens with zero attached hydrogens (tertiary/aromatic N) is 6. The van der Waals surface area contributed by atoms with Crippen LogP contribution in [0.2, 0.25) is 0 Å². The minimum atomic E-state index is -4.64. The molecule has 1 unspecified atom stereocenters. The normalized spacial score (nSPS) is 16.7. The molecule has 4 aromatic rings. The summed E-state index contributed by atoms with van der Waals surface area (Å²) in [5, 5.41) is -0.0677. The Morgan fingerprint density at radius 3 is 2.66 bits per heavy atom.